The molecular weight excluding hydrogens is 310 g/mol. The van der Waals surface area contributed by atoms with Crippen LogP contribution >= 0.6 is 0 Å². The number of imidazole rings is 1. The predicted molar refractivity (Wildman–Crippen MR) is 98.9 cm³/mol. The van der Waals surface area contributed by atoms with Crippen molar-refractivity contribution in [2.75, 3.05) is 13.7 Å². The van der Waals surface area contributed by atoms with Crippen LogP contribution in [0.5, 0.6) is 0 Å². The third-order valence-electron chi connectivity index (χ3n) is 5.68. The van der Waals surface area contributed by atoms with Gasteiger partial charge in [0.25, 0.3) is 0 Å². The summed E-state index contributed by atoms with van der Waals surface area (Å²) in [4.78, 5) is 4.63. The first kappa shape index (κ1) is 15.1. The molecule has 2 heterocycles. The van der Waals surface area contributed by atoms with Crippen LogP contribution in [0, 0.1) is 0 Å². The molecule has 4 nitrogen and oxygen atoms in total. The Labute approximate surface area is 147 Å². The summed E-state index contributed by atoms with van der Waals surface area (Å²) >= 11 is 0. The van der Waals surface area contributed by atoms with Gasteiger partial charge in [0.2, 0.25) is 0 Å². The molecule has 5 rings (SSSR count). The van der Waals surface area contributed by atoms with Gasteiger partial charge in [-0.3, -0.25) is 0 Å². The minimum Gasteiger partial charge on any atom is -0.376 e. The summed E-state index contributed by atoms with van der Waals surface area (Å²) in [7, 11) is 2.06. The fraction of sp³-hybridized carbons (Fsp3) is 0.381. The van der Waals surface area contributed by atoms with Gasteiger partial charge in [-0.2, -0.15) is 0 Å². The van der Waals surface area contributed by atoms with Gasteiger partial charge in [-0.1, -0.05) is 18.2 Å². The van der Waals surface area contributed by atoms with Gasteiger partial charge >= 0.3 is 0 Å². The van der Waals surface area contributed by atoms with E-state index in [0.29, 0.717) is 6.04 Å². The van der Waals surface area contributed by atoms with Gasteiger partial charge in [0.05, 0.1) is 30.6 Å². The smallest absolute Gasteiger partial charge is 0.0961 e. The maximum atomic E-state index is 5.62. The molecule has 0 amide bonds. The first-order valence-electron chi connectivity index (χ1n) is 9.12. The predicted octanol–water partition coefficient (Wildman–Crippen LogP) is 2.84. The van der Waals surface area contributed by atoms with E-state index in [2.05, 4.69) is 52.2 Å². The third-order valence-corrected chi connectivity index (χ3v) is 5.68. The molecule has 1 aromatic heterocycles. The van der Waals surface area contributed by atoms with E-state index in [1.54, 1.807) is 0 Å². The van der Waals surface area contributed by atoms with Gasteiger partial charge in [0.1, 0.15) is 0 Å². The number of rotatable bonds is 3. The quantitative estimate of drug-likeness (QED) is 0.801. The molecule has 128 valence electrons. The Balaban J connectivity index is 1.47. The minimum atomic E-state index is 0.589. The van der Waals surface area contributed by atoms with Gasteiger partial charge < -0.3 is 14.6 Å². The number of hydrogen-bond donors (Lipinski definition) is 1. The van der Waals surface area contributed by atoms with E-state index in [-0.39, 0.29) is 0 Å². The molecular formula is C21H23N3O. The Morgan fingerprint density at radius 3 is 2.96 bits per heavy atom. The Morgan fingerprint density at radius 2 is 2.04 bits per heavy atom. The highest BCUT2D eigenvalue weighted by atomic mass is 16.5. The number of hydrogen-bond acceptors (Lipinski definition) is 3. The van der Waals surface area contributed by atoms with Crippen molar-refractivity contribution in [3.63, 3.8) is 0 Å². The van der Waals surface area contributed by atoms with Crippen LogP contribution in [0.2, 0.25) is 0 Å². The van der Waals surface area contributed by atoms with Crippen LogP contribution in [0.25, 0.3) is 11.0 Å². The van der Waals surface area contributed by atoms with E-state index in [1.165, 1.54) is 33.3 Å². The number of aromatic nitrogens is 2. The maximum absolute atomic E-state index is 5.62. The molecule has 0 radical (unpaired) electrons. The third kappa shape index (κ3) is 2.66. The van der Waals surface area contributed by atoms with E-state index in [9.17, 15) is 0 Å². The van der Waals surface area contributed by atoms with Crippen LogP contribution in [0.3, 0.4) is 0 Å². The number of likely N-dealkylation sites (N-methyl/N-ethyl adjacent to an activating group) is 1. The Bertz CT molecular complexity index is 944. The molecule has 0 fully saturated rings. The molecule has 2 aromatic carbocycles. The molecule has 0 spiro atoms. The zero-order valence-electron chi connectivity index (χ0n) is 14.6. The second-order valence-electron chi connectivity index (χ2n) is 7.28. The van der Waals surface area contributed by atoms with E-state index in [0.717, 1.165) is 44.5 Å². The van der Waals surface area contributed by atoms with E-state index >= 15 is 0 Å². The van der Waals surface area contributed by atoms with Gasteiger partial charge in [-0.25, -0.2) is 4.98 Å². The van der Waals surface area contributed by atoms with Crippen LogP contribution in [-0.2, 0) is 37.2 Å². The van der Waals surface area contributed by atoms with Crippen LogP contribution in [0.15, 0.2) is 36.7 Å². The minimum absolute atomic E-state index is 0.589. The van der Waals surface area contributed by atoms with Crippen molar-refractivity contribution in [3.8, 4) is 0 Å². The van der Waals surface area contributed by atoms with Crippen molar-refractivity contribution in [1.29, 1.82) is 0 Å². The highest BCUT2D eigenvalue weighted by Crippen LogP contribution is 2.26. The van der Waals surface area contributed by atoms with Crippen LogP contribution in [0.1, 0.15) is 27.8 Å². The molecule has 0 saturated carbocycles. The Hall–Kier alpha value is -2.17. The lowest BCUT2D eigenvalue weighted by Gasteiger charge is -2.16. The van der Waals surface area contributed by atoms with Crippen molar-refractivity contribution in [2.24, 2.45) is 0 Å². The topological polar surface area (TPSA) is 39.1 Å². The zero-order chi connectivity index (χ0) is 16.8. The van der Waals surface area contributed by atoms with Crippen LogP contribution in [0.4, 0.5) is 0 Å². The summed E-state index contributed by atoms with van der Waals surface area (Å²) in [5.41, 5.74) is 9.33. The largest absolute Gasteiger partial charge is 0.376 e. The number of nitrogens with one attached hydrogen (secondary N) is 1. The fourth-order valence-electron chi connectivity index (χ4n) is 4.22. The molecule has 1 aliphatic heterocycles. The van der Waals surface area contributed by atoms with Crippen molar-refractivity contribution >= 4 is 11.0 Å². The number of benzene rings is 2. The number of ether oxygens (including phenoxy) is 1. The molecule has 0 saturated heterocycles. The molecule has 25 heavy (non-hydrogen) atoms. The van der Waals surface area contributed by atoms with Crippen molar-refractivity contribution in [1.82, 2.24) is 14.9 Å². The summed E-state index contributed by atoms with van der Waals surface area (Å²) in [6.45, 7) is 2.41. The zero-order valence-corrected chi connectivity index (χ0v) is 14.6. The second-order valence-corrected chi connectivity index (χ2v) is 7.28. The average molecular weight is 333 g/mol. The molecule has 1 atom stereocenters. The van der Waals surface area contributed by atoms with Crippen molar-refractivity contribution in [2.45, 2.75) is 38.5 Å². The lowest BCUT2D eigenvalue weighted by molar-refractivity contribution is 0.111. The second kappa shape index (κ2) is 5.97. The monoisotopic (exact) mass is 333 g/mol. The first-order valence-corrected chi connectivity index (χ1v) is 9.12. The van der Waals surface area contributed by atoms with Gasteiger partial charge in [-0.05, 0) is 66.3 Å². The van der Waals surface area contributed by atoms with Crippen molar-refractivity contribution in [3.05, 3.63) is 64.5 Å². The molecule has 1 N–H and O–H groups in total. The summed E-state index contributed by atoms with van der Waals surface area (Å²) in [5, 5.41) is 3.40. The Morgan fingerprint density at radius 1 is 1.12 bits per heavy atom. The van der Waals surface area contributed by atoms with Gasteiger partial charge in [0.15, 0.2) is 0 Å². The van der Waals surface area contributed by atoms with Crippen LogP contribution < -0.4 is 5.32 Å². The van der Waals surface area contributed by atoms with Gasteiger partial charge in [0, 0.05) is 12.6 Å². The summed E-state index contributed by atoms with van der Waals surface area (Å²) in [6, 6.07) is 12.0. The van der Waals surface area contributed by atoms with Crippen LogP contribution in [-0.4, -0.2) is 29.2 Å². The molecule has 0 bridgehead atoms. The normalized spacial score (nSPS) is 19.2. The van der Waals surface area contributed by atoms with E-state index in [4.69, 9.17) is 4.74 Å². The number of fused-ring (bicyclic) bond motifs is 3. The summed E-state index contributed by atoms with van der Waals surface area (Å²) in [5.74, 6) is 0. The maximum Gasteiger partial charge on any atom is 0.0961 e. The highest BCUT2D eigenvalue weighted by molar-refractivity contribution is 5.77. The average Bonchev–Trinajstić information content (AvgIpc) is 3.23. The lowest BCUT2D eigenvalue weighted by Crippen LogP contribution is -2.24. The standard InChI is InChI=1S/C21H23N3O/c1-22-19-7-15-3-2-14(6-17(15)8-19)11-24-13-23-20-9-16-4-5-25-12-18(16)10-21(20)24/h2-3,6,9-10,13,19,22H,4-5,7-8,11-12H2,1H3/t19-/m0/s1. The molecule has 2 aliphatic rings. The fourth-order valence-corrected chi connectivity index (χ4v) is 4.22. The summed E-state index contributed by atoms with van der Waals surface area (Å²) < 4.78 is 7.88. The van der Waals surface area contributed by atoms with E-state index in [1.807, 2.05) is 6.33 Å². The van der Waals surface area contributed by atoms with Crippen molar-refractivity contribution < 1.29 is 4.74 Å². The Kier molecular flexibility index (Phi) is 3.61. The van der Waals surface area contributed by atoms with E-state index < -0.39 is 0 Å². The summed E-state index contributed by atoms with van der Waals surface area (Å²) in [6.07, 6.45) is 5.25. The lowest BCUT2D eigenvalue weighted by atomic mass is 10.0. The molecule has 3 aromatic rings. The number of nitrogens with zero attached hydrogens (tertiary/aromatic N) is 2. The highest BCUT2D eigenvalue weighted by Gasteiger charge is 2.20. The van der Waals surface area contributed by atoms with Gasteiger partial charge in [-0.15, -0.1) is 0 Å². The molecule has 0 unspecified atom stereocenters. The molecule has 4 heteroatoms. The molecule has 1 aliphatic carbocycles. The first-order chi connectivity index (χ1) is 12.3. The SMILES string of the molecule is CN[C@H]1Cc2ccc(Cn3cnc4cc5c(cc43)COCC5)cc2C1.